The van der Waals surface area contributed by atoms with Gasteiger partial charge in [0.2, 0.25) is 0 Å². The van der Waals surface area contributed by atoms with Gasteiger partial charge in [0.05, 0.1) is 0 Å². The third-order valence-electron chi connectivity index (χ3n) is 7.02. The average Bonchev–Trinajstić information content (AvgIpc) is 2.50. The molecule has 0 saturated heterocycles. The molecule has 0 aromatic rings. The highest BCUT2D eigenvalue weighted by atomic mass is 14.9. The Kier molecular flexibility index (Phi) is 4.13. The summed E-state index contributed by atoms with van der Waals surface area (Å²) < 4.78 is 0. The van der Waals surface area contributed by atoms with Crippen LogP contribution in [0, 0.1) is 29.6 Å². The summed E-state index contributed by atoms with van der Waals surface area (Å²) >= 11 is 0. The number of nitrogens with one attached hydrogen (secondary N) is 1. The molecule has 0 aliphatic heterocycles. The van der Waals surface area contributed by atoms with E-state index in [1.54, 1.807) is 37.7 Å². The van der Waals surface area contributed by atoms with Gasteiger partial charge in [-0.05, 0) is 100 Å². The molecule has 0 radical (unpaired) electrons. The van der Waals surface area contributed by atoms with Crippen molar-refractivity contribution in [2.45, 2.75) is 77.2 Å². The first kappa shape index (κ1) is 14.3. The van der Waals surface area contributed by atoms with E-state index in [1.165, 1.54) is 38.6 Å². The van der Waals surface area contributed by atoms with Gasteiger partial charge in [-0.1, -0.05) is 18.6 Å². The second-order valence-electron chi connectivity index (χ2n) is 8.46. The van der Waals surface area contributed by atoms with E-state index in [9.17, 15) is 0 Å². The Morgan fingerprint density at radius 3 is 2.33 bits per heavy atom. The molecule has 1 unspecified atom stereocenters. The Bertz CT molecular complexity index is 369. The summed E-state index contributed by atoms with van der Waals surface area (Å²) in [5, 5.41) is 4.00. The molecular formula is C20H33N. The fourth-order valence-corrected chi connectivity index (χ4v) is 6.47. The highest BCUT2D eigenvalue weighted by molar-refractivity contribution is 5.18. The second-order valence-corrected chi connectivity index (χ2v) is 8.46. The van der Waals surface area contributed by atoms with E-state index in [1.807, 2.05) is 0 Å². The fourth-order valence-electron chi connectivity index (χ4n) is 6.47. The third kappa shape index (κ3) is 2.71. The summed E-state index contributed by atoms with van der Waals surface area (Å²) in [4.78, 5) is 0. The Hall–Kier alpha value is -0.300. The van der Waals surface area contributed by atoms with E-state index in [-0.39, 0.29) is 0 Å². The van der Waals surface area contributed by atoms with E-state index in [0.717, 1.165) is 35.6 Å². The van der Waals surface area contributed by atoms with Gasteiger partial charge in [-0.2, -0.15) is 0 Å². The standard InChI is InChI=1S/C20H33N/c1-2-8-21-20(16-6-4-3-5-7-16)19-17-10-14-9-15(12-17)13-18(19)11-14/h6,14-15,17-21H,2-5,7-13H2,1H3. The summed E-state index contributed by atoms with van der Waals surface area (Å²) in [7, 11) is 0. The summed E-state index contributed by atoms with van der Waals surface area (Å²) in [5.41, 5.74) is 1.80. The fraction of sp³-hybridized carbons (Fsp3) is 0.900. The van der Waals surface area contributed by atoms with Crippen molar-refractivity contribution in [1.82, 2.24) is 5.32 Å². The smallest absolute Gasteiger partial charge is 0.0313 e. The molecule has 1 N–H and O–H groups in total. The highest BCUT2D eigenvalue weighted by Crippen LogP contribution is 2.58. The van der Waals surface area contributed by atoms with Crippen molar-refractivity contribution in [3.8, 4) is 0 Å². The molecule has 5 rings (SSSR count). The lowest BCUT2D eigenvalue weighted by atomic mass is 9.50. The molecule has 4 fully saturated rings. The van der Waals surface area contributed by atoms with Crippen molar-refractivity contribution >= 4 is 0 Å². The first-order valence-corrected chi connectivity index (χ1v) is 9.77. The predicted octanol–water partition coefficient (Wildman–Crippen LogP) is 4.93. The van der Waals surface area contributed by atoms with Gasteiger partial charge in [-0.25, -0.2) is 0 Å². The van der Waals surface area contributed by atoms with E-state index in [4.69, 9.17) is 0 Å². The van der Waals surface area contributed by atoms with E-state index >= 15 is 0 Å². The summed E-state index contributed by atoms with van der Waals surface area (Å²) in [6.07, 6.45) is 17.3. The maximum Gasteiger partial charge on any atom is 0.0313 e. The molecule has 5 aliphatic rings. The number of allylic oxidation sites excluding steroid dienone is 1. The number of hydrogen-bond acceptors (Lipinski definition) is 1. The molecule has 0 aromatic carbocycles. The van der Waals surface area contributed by atoms with Crippen LogP contribution >= 0.6 is 0 Å². The molecule has 21 heavy (non-hydrogen) atoms. The van der Waals surface area contributed by atoms with Gasteiger partial charge in [0.25, 0.3) is 0 Å². The van der Waals surface area contributed by atoms with Gasteiger partial charge in [0.15, 0.2) is 0 Å². The van der Waals surface area contributed by atoms with Crippen molar-refractivity contribution in [3.05, 3.63) is 11.6 Å². The lowest BCUT2D eigenvalue weighted by molar-refractivity contribution is -0.0472. The summed E-state index contributed by atoms with van der Waals surface area (Å²) in [6, 6.07) is 0.736. The highest BCUT2D eigenvalue weighted by Gasteiger charge is 2.50. The van der Waals surface area contributed by atoms with Crippen molar-refractivity contribution in [2.24, 2.45) is 29.6 Å². The molecule has 1 nitrogen and oxygen atoms in total. The van der Waals surface area contributed by atoms with Crippen molar-refractivity contribution in [2.75, 3.05) is 6.54 Å². The Morgan fingerprint density at radius 1 is 1.05 bits per heavy atom. The third-order valence-corrected chi connectivity index (χ3v) is 7.02. The SMILES string of the molecule is CCCNC(C1=CCCCC1)C1C2CC3CC(C2)CC1C3. The molecule has 0 aromatic heterocycles. The van der Waals surface area contributed by atoms with Gasteiger partial charge >= 0.3 is 0 Å². The molecular weight excluding hydrogens is 254 g/mol. The average molecular weight is 287 g/mol. The lowest BCUT2D eigenvalue weighted by Crippen LogP contribution is -2.53. The van der Waals surface area contributed by atoms with Gasteiger partial charge in [0.1, 0.15) is 0 Å². The van der Waals surface area contributed by atoms with Crippen LogP contribution in [-0.2, 0) is 0 Å². The van der Waals surface area contributed by atoms with E-state index < -0.39 is 0 Å². The van der Waals surface area contributed by atoms with Crippen LogP contribution in [0.5, 0.6) is 0 Å². The van der Waals surface area contributed by atoms with Crippen LogP contribution < -0.4 is 5.32 Å². The van der Waals surface area contributed by atoms with Crippen LogP contribution in [0.25, 0.3) is 0 Å². The van der Waals surface area contributed by atoms with Crippen LogP contribution in [-0.4, -0.2) is 12.6 Å². The lowest BCUT2D eigenvalue weighted by Gasteiger charge is -2.57. The van der Waals surface area contributed by atoms with Crippen molar-refractivity contribution < 1.29 is 0 Å². The number of hydrogen-bond donors (Lipinski definition) is 1. The minimum atomic E-state index is 0.736. The molecule has 1 atom stereocenters. The minimum absolute atomic E-state index is 0.736. The normalized spacial score (nSPS) is 42.9. The van der Waals surface area contributed by atoms with Crippen LogP contribution in [0.2, 0.25) is 0 Å². The molecule has 0 heterocycles. The molecule has 1 heteroatoms. The van der Waals surface area contributed by atoms with Crippen LogP contribution in [0.15, 0.2) is 11.6 Å². The quantitative estimate of drug-likeness (QED) is 0.707. The Balaban J connectivity index is 1.56. The molecule has 118 valence electrons. The molecule has 0 spiro atoms. The maximum absolute atomic E-state index is 4.00. The second kappa shape index (κ2) is 6.07. The van der Waals surface area contributed by atoms with E-state index in [0.29, 0.717) is 0 Å². The van der Waals surface area contributed by atoms with Crippen LogP contribution in [0.3, 0.4) is 0 Å². The summed E-state index contributed by atoms with van der Waals surface area (Å²) in [6.45, 7) is 3.53. The zero-order chi connectivity index (χ0) is 14.2. The monoisotopic (exact) mass is 287 g/mol. The molecule has 4 bridgehead atoms. The molecule has 4 saturated carbocycles. The van der Waals surface area contributed by atoms with Gasteiger partial charge < -0.3 is 5.32 Å². The number of rotatable bonds is 5. The van der Waals surface area contributed by atoms with Gasteiger partial charge in [-0.15, -0.1) is 0 Å². The maximum atomic E-state index is 4.00. The Morgan fingerprint density at radius 2 is 1.76 bits per heavy atom. The first-order chi connectivity index (χ1) is 10.3. The van der Waals surface area contributed by atoms with Crippen LogP contribution in [0.1, 0.15) is 71.1 Å². The topological polar surface area (TPSA) is 12.0 Å². The minimum Gasteiger partial charge on any atom is -0.310 e. The molecule has 5 aliphatic carbocycles. The van der Waals surface area contributed by atoms with E-state index in [2.05, 4.69) is 18.3 Å². The van der Waals surface area contributed by atoms with Gasteiger partial charge in [0, 0.05) is 6.04 Å². The predicted molar refractivity (Wildman–Crippen MR) is 89.2 cm³/mol. The summed E-state index contributed by atoms with van der Waals surface area (Å²) in [5.74, 6) is 5.30. The van der Waals surface area contributed by atoms with Gasteiger partial charge in [-0.3, -0.25) is 0 Å². The zero-order valence-electron chi connectivity index (χ0n) is 13.8. The first-order valence-electron chi connectivity index (χ1n) is 9.77. The molecule has 0 amide bonds. The van der Waals surface area contributed by atoms with Crippen molar-refractivity contribution in [1.29, 1.82) is 0 Å². The van der Waals surface area contributed by atoms with Crippen molar-refractivity contribution in [3.63, 3.8) is 0 Å². The largest absolute Gasteiger partial charge is 0.310 e. The van der Waals surface area contributed by atoms with Crippen LogP contribution in [0.4, 0.5) is 0 Å². The Labute approximate surface area is 131 Å². The zero-order valence-corrected chi connectivity index (χ0v) is 13.8.